The minimum Gasteiger partial charge on any atom is -0.391 e. The summed E-state index contributed by atoms with van der Waals surface area (Å²) in [6.07, 6.45) is -4.35. The van der Waals surface area contributed by atoms with Gasteiger partial charge in [0, 0.05) is 6.54 Å². The average Bonchev–Trinajstić information content (AvgIpc) is 2.96. The maximum absolute atomic E-state index is 13.0. The molecule has 1 aliphatic heterocycles. The van der Waals surface area contributed by atoms with E-state index in [2.05, 4.69) is 4.98 Å². The van der Waals surface area contributed by atoms with Crippen LogP contribution in [0.5, 0.6) is 0 Å². The zero-order valence-corrected chi connectivity index (χ0v) is 12.9. The molecule has 1 fully saturated rings. The molecule has 1 saturated heterocycles. The Labute approximate surface area is 140 Å². The molecule has 0 saturated carbocycles. The number of aliphatic hydroxyl groups excluding tert-OH is 1. The molecule has 1 amide bonds. The Kier molecular flexibility index (Phi) is 4.47. The van der Waals surface area contributed by atoms with Crippen molar-refractivity contribution in [1.82, 2.24) is 9.88 Å². The number of amides is 1. The van der Waals surface area contributed by atoms with Crippen molar-refractivity contribution in [2.45, 2.75) is 24.7 Å². The summed E-state index contributed by atoms with van der Waals surface area (Å²) < 4.78 is 51.7. The van der Waals surface area contributed by atoms with Crippen LogP contribution in [-0.2, 0) is 6.18 Å². The van der Waals surface area contributed by atoms with Crippen LogP contribution in [0.2, 0.25) is 0 Å². The molecule has 0 radical (unpaired) electrons. The fraction of sp³-hybridized carbons (Fsp3) is 0.294. The monoisotopic (exact) mass is 354 g/mol. The van der Waals surface area contributed by atoms with Crippen molar-refractivity contribution in [2.24, 2.45) is 0 Å². The van der Waals surface area contributed by atoms with Crippen molar-refractivity contribution in [2.75, 3.05) is 6.54 Å². The minimum absolute atomic E-state index is 0.0290. The number of alkyl halides is 3. The van der Waals surface area contributed by atoms with Gasteiger partial charge in [0.1, 0.15) is 11.5 Å². The second-order valence-corrected chi connectivity index (χ2v) is 5.85. The number of pyridine rings is 1. The van der Waals surface area contributed by atoms with E-state index < -0.39 is 35.6 Å². The second kappa shape index (κ2) is 6.44. The average molecular weight is 354 g/mol. The van der Waals surface area contributed by atoms with Gasteiger partial charge in [0.05, 0.1) is 23.9 Å². The zero-order chi connectivity index (χ0) is 18.2. The quantitative estimate of drug-likeness (QED) is 0.843. The van der Waals surface area contributed by atoms with E-state index in [1.807, 2.05) is 0 Å². The van der Waals surface area contributed by atoms with Crippen LogP contribution in [0.25, 0.3) is 0 Å². The molecule has 2 heterocycles. The summed E-state index contributed by atoms with van der Waals surface area (Å²) in [5.74, 6) is -1.17. The van der Waals surface area contributed by atoms with Crippen molar-refractivity contribution in [3.63, 3.8) is 0 Å². The Balaban J connectivity index is 1.92. The summed E-state index contributed by atoms with van der Waals surface area (Å²) in [5.41, 5.74) is -0.576. The number of hydrogen-bond donors (Lipinski definition) is 1. The van der Waals surface area contributed by atoms with Crippen LogP contribution >= 0.6 is 0 Å². The normalized spacial score (nSPS) is 20.8. The second-order valence-electron chi connectivity index (χ2n) is 5.85. The van der Waals surface area contributed by atoms with Crippen LogP contribution in [-0.4, -0.2) is 33.5 Å². The smallest absolute Gasteiger partial charge is 0.391 e. The van der Waals surface area contributed by atoms with E-state index in [1.54, 1.807) is 0 Å². The fourth-order valence-electron chi connectivity index (χ4n) is 2.93. The molecule has 2 atom stereocenters. The van der Waals surface area contributed by atoms with Crippen LogP contribution in [0.1, 0.15) is 34.1 Å². The van der Waals surface area contributed by atoms with E-state index in [-0.39, 0.29) is 24.2 Å². The van der Waals surface area contributed by atoms with Crippen molar-refractivity contribution in [3.8, 4) is 0 Å². The van der Waals surface area contributed by atoms with Gasteiger partial charge >= 0.3 is 6.18 Å². The number of carbonyl (C=O) groups is 1. The first-order valence-electron chi connectivity index (χ1n) is 7.53. The van der Waals surface area contributed by atoms with Crippen LogP contribution in [0, 0.1) is 5.82 Å². The lowest BCUT2D eigenvalue weighted by molar-refractivity contribution is -0.137. The number of nitrogens with zero attached hydrogens (tertiary/aromatic N) is 2. The maximum Gasteiger partial charge on any atom is 0.416 e. The van der Waals surface area contributed by atoms with Crippen molar-refractivity contribution < 1.29 is 27.5 Å². The van der Waals surface area contributed by atoms with E-state index in [0.717, 1.165) is 24.4 Å². The van der Waals surface area contributed by atoms with E-state index in [1.165, 1.54) is 23.1 Å². The van der Waals surface area contributed by atoms with Gasteiger partial charge in [-0.15, -0.1) is 0 Å². The summed E-state index contributed by atoms with van der Waals surface area (Å²) in [7, 11) is 0. The molecular formula is C17H14F4N2O2. The first-order valence-corrected chi connectivity index (χ1v) is 7.53. The van der Waals surface area contributed by atoms with Crippen LogP contribution in [0.15, 0.2) is 42.6 Å². The third-order valence-electron chi connectivity index (χ3n) is 4.09. The number of carbonyl (C=O) groups excluding carboxylic acids is 1. The molecular weight excluding hydrogens is 340 g/mol. The van der Waals surface area contributed by atoms with E-state index in [9.17, 15) is 27.5 Å². The highest BCUT2D eigenvalue weighted by Gasteiger charge is 2.38. The number of aromatic nitrogens is 1. The molecule has 4 nitrogen and oxygen atoms in total. The molecule has 132 valence electrons. The largest absolute Gasteiger partial charge is 0.416 e. The van der Waals surface area contributed by atoms with Gasteiger partial charge in [-0.05, 0) is 36.2 Å². The molecule has 0 bridgehead atoms. The molecule has 1 aliphatic rings. The number of benzene rings is 1. The van der Waals surface area contributed by atoms with Gasteiger partial charge in [-0.3, -0.25) is 4.79 Å². The van der Waals surface area contributed by atoms with Gasteiger partial charge in [-0.2, -0.15) is 13.2 Å². The summed E-state index contributed by atoms with van der Waals surface area (Å²) >= 11 is 0. The first-order chi connectivity index (χ1) is 11.8. The van der Waals surface area contributed by atoms with Crippen molar-refractivity contribution >= 4 is 5.91 Å². The highest BCUT2D eigenvalue weighted by Crippen LogP contribution is 2.36. The predicted octanol–water partition coefficient (Wildman–Crippen LogP) is 3.19. The van der Waals surface area contributed by atoms with Gasteiger partial charge in [0.2, 0.25) is 0 Å². The lowest BCUT2D eigenvalue weighted by Crippen LogP contribution is -2.32. The van der Waals surface area contributed by atoms with Crippen LogP contribution < -0.4 is 0 Å². The highest BCUT2D eigenvalue weighted by molar-refractivity contribution is 5.92. The standard InChI is InChI=1S/C17H14F4N2O2/c18-12-4-5-14(22-8-12)16(25)23-9-13(24)7-15(23)10-2-1-3-11(6-10)17(19,20)21/h1-6,8,13,15,24H,7,9H2/t13-,15-/m0/s1. The molecule has 1 aromatic heterocycles. The Morgan fingerprint density at radius 1 is 1.24 bits per heavy atom. The van der Waals surface area contributed by atoms with E-state index in [0.29, 0.717) is 0 Å². The SMILES string of the molecule is O=C(c1ccc(F)cn1)N1C[C@@H](O)C[C@H]1c1cccc(C(F)(F)F)c1. The molecule has 25 heavy (non-hydrogen) atoms. The summed E-state index contributed by atoms with van der Waals surface area (Å²) in [5, 5.41) is 9.90. The number of likely N-dealkylation sites (tertiary alicyclic amines) is 1. The number of β-amino-alcohol motifs (C(OH)–C–C–N with tert-alkyl or cyclic N) is 1. The van der Waals surface area contributed by atoms with E-state index in [4.69, 9.17) is 0 Å². The Morgan fingerprint density at radius 3 is 2.64 bits per heavy atom. The minimum atomic E-state index is -4.50. The van der Waals surface area contributed by atoms with Gasteiger partial charge in [-0.1, -0.05) is 12.1 Å². The lowest BCUT2D eigenvalue weighted by atomic mass is 10.0. The summed E-state index contributed by atoms with van der Waals surface area (Å²) in [4.78, 5) is 17.5. The van der Waals surface area contributed by atoms with Gasteiger partial charge in [-0.25, -0.2) is 9.37 Å². The Bertz CT molecular complexity index is 777. The van der Waals surface area contributed by atoms with Gasteiger partial charge in [0.25, 0.3) is 5.91 Å². The molecule has 0 spiro atoms. The number of hydrogen-bond acceptors (Lipinski definition) is 3. The molecule has 1 aromatic carbocycles. The first kappa shape index (κ1) is 17.3. The van der Waals surface area contributed by atoms with Crippen molar-refractivity contribution in [3.05, 3.63) is 65.2 Å². The van der Waals surface area contributed by atoms with Gasteiger partial charge in [0.15, 0.2) is 0 Å². The van der Waals surface area contributed by atoms with Gasteiger partial charge < -0.3 is 10.0 Å². The number of rotatable bonds is 2. The van der Waals surface area contributed by atoms with E-state index >= 15 is 0 Å². The molecule has 2 aromatic rings. The molecule has 3 rings (SSSR count). The Morgan fingerprint density at radius 2 is 2.00 bits per heavy atom. The number of halogens is 4. The zero-order valence-electron chi connectivity index (χ0n) is 12.9. The highest BCUT2D eigenvalue weighted by atomic mass is 19.4. The Hall–Kier alpha value is -2.48. The molecule has 8 heteroatoms. The molecule has 0 unspecified atom stereocenters. The summed E-state index contributed by atoms with van der Waals surface area (Å²) in [6.45, 7) is -0.0290. The third-order valence-corrected chi connectivity index (χ3v) is 4.09. The lowest BCUT2D eigenvalue weighted by Gasteiger charge is -2.25. The molecule has 1 N–H and O–H groups in total. The predicted molar refractivity (Wildman–Crippen MR) is 80.0 cm³/mol. The molecule has 0 aliphatic carbocycles. The van der Waals surface area contributed by atoms with Crippen LogP contribution in [0.3, 0.4) is 0 Å². The number of aliphatic hydroxyl groups is 1. The third kappa shape index (κ3) is 3.63. The fourth-order valence-corrected chi connectivity index (χ4v) is 2.93. The topological polar surface area (TPSA) is 53.4 Å². The maximum atomic E-state index is 13.0. The van der Waals surface area contributed by atoms with Crippen LogP contribution in [0.4, 0.5) is 17.6 Å². The summed E-state index contributed by atoms with van der Waals surface area (Å²) in [6, 6.07) is 6.23. The van der Waals surface area contributed by atoms with Crippen molar-refractivity contribution in [1.29, 1.82) is 0 Å².